The summed E-state index contributed by atoms with van der Waals surface area (Å²) in [6, 6.07) is 3.38. The molecule has 0 spiro atoms. The predicted octanol–water partition coefficient (Wildman–Crippen LogP) is 2.57. The molecule has 0 saturated heterocycles. The zero-order valence-corrected chi connectivity index (χ0v) is 8.59. The van der Waals surface area contributed by atoms with Crippen LogP contribution in [0.4, 0.5) is 13.2 Å². The third-order valence-corrected chi connectivity index (χ3v) is 2.76. The van der Waals surface area contributed by atoms with Crippen molar-refractivity contribution in [2.75, 3.05) is 0 Å². The molecular formula is C12H3F3O3. The molecule has 2 aromatic rings. The highest BCUT2D eigenvalue weighted by Crippen LogP contribution is 2.34. The molecular weight excluding hydrogens is 249 g/mol. The number of hydrogen-bond acceptors (Lipinski definition) is 3. The smallest absolute Gasteiger partial charge is 0.350 e. The van der Waals surface area contributed by atoms with Gasteiger partial charge in [0.1, 0.15) is 11.4 Å². The number of carbonyl (C=O) groups is 2. The molecule has 0 bridgehead atoms. The van der Waals surface area contributed by atoms with Gasteiger partial charge in [0.05, 0.1) is 10.9 Å². The van der Waals surface area contributed by atoms with Crippen LogP contribution in [0, 0.1) is 17.5 Å². The van der Waals surface area contributed by atoms with Crippen LogP contribution in [0.2, 0.25) is 0 Å². The number of halogens is 3. The van der Waals surface area contributed by atoms with Crippen molar-refractivity contribution in [2.24, 2.45) is 0 Å². The second-order valence-corrected chi connectivity index (χ2v) is 3.72. The van der Waals surface area contributed by atoms with E-state index in [4.69, 9.17) is 0 Å². The number of hydrogen-bond donors (Lipinski definition) is 0. The first-order valence-corrected chi connectivity index (χ1v) is 4.88. The second-order valence-electron chi connectivity index (χ2n) is 3.72. The summed E-state index contributed by atoms with van der Waals surface area (Å²) < 4.78 is 45.0. The lowest BCUT2D eigenvalue weighted by Gasteiger charge is -2.05. The van der Waals surface area contributed by atoms with Gasteiger partial charge in [0.25, 0.3) is 0 Å². The molecule has 2 aromatic carbocycles. The highest BCUT2D eigenvalue weighted by atomic mass is 19.2. The molecule has 0 aliphatic carbocycles. The molecule has 0 amide bonds. The first-order valence-electron chi connectivity index (χ1n) is 4.88. The molecule has 0 saturated carbocycles. The lowest BCUT2D eigenvalue weighted by Crippen LogP contribution is -2.03. The minimum atomic E-state index is -1.57. The first-order chi connectivity index (χ1) is 8.52. The minimum absolute atomic E-state index is 0.181. The molecule has 90 valence electrons. The summed E-state index contributed by atoms with van der Waals surface area (Å²) in [7, 11) is 0. The van der Waals surface area contributed by atoms with Gasteiger partial charge < -0.3 is 4.74 Å². The van der Waals surface area contributed by atoms with E-state index in [1.807, 2.05) is 0 Å². The van der Waals surface area contributed by atoms with Crippen molar-refractivity contribution in [3.63, 3.8) is 0 Å². The molecule has 0 aromatic heterocycles. The van der Waals surface area contributed by atoms with E-state index in [2.05, 4.69) is 4.74 Å². The van der Waals surface area contributed by atoms with E-state index in [0.717, 1.165) is 6.07 Å². The van der Waals surface area contributed by atoms with Gasteiger partial charge in [-0.2, -0.15) is 0 Å². The zero-order chi connectivity index (χ0) is 13.0. The number of carbonyl (C=O) groups excluding carboxylic acids is 2. The number of benzene rings is 2. The Bertz CT molecular complexity index is 737. The summed E-state index contributed by atoms with van der Waals surface area (Å²) in [5.41, 5.74) is -1.22. The molecule has 0 unspecified atom stereocenters. The maximum atomic E-state index is 13.7. The number of esters is 2. The molecule has 3 nitrogen and oxygen atoms in total. The maximum Gasteiger partial charge on any atom is 0.350 e. The summed E-state index contributed by atoms with van der Waals surface area (Å²) in [6.45, 7) is 0. The SMILES string of the molecule is O=C1OC(=O)c2c1c(F)c(F)c1c(F)cccc21. The summed E-state index contributed by atoms with van der Waals surface area (Å²) >= 11 is 0. The van der Waals surface area contributed by atoms with Crippen molar-refractivity contribution in [3.8, 4) is 0 Å². The second kappa shape index (κ2) is 3.32. The standard InChI is InChI=1S/C12H3F3O3/c13-5-3-1-2-4-6(5)9(14)10(15)8-7(4)11(16)18-12(8)17/h1-3H. The van der Waals surface area contributed by atoms with Gasteiger partial charge in [-0.25, -0.2) is 22.8 Å². The van der Waals surface area contributed by atoms with E-state index < -0.39 is 45.9 Å². The summed E-state index contributed by atoms with van der Waals surface area (Å²) in [5.74, 6) is -6.46. The first kappa shape index (κ1) is 10.8. The fourth-order valence-electron chi connectivity index (χ4n) is 2.01. The highest BCUT2D eigenvalue weighted by Gasteiger charge is 2.37. The lowest BCUT2D eigenvalue weighted by atomic mass is 9.99. The van der Waals surface area contributed by atoms with Crippen LogP contribution in [0.1, 0.15) is 20.7 Å². The van der Waals surface area contributed by atoms with E-state index in [1.54, 1.807) is 0 Å². The molecule has 0 fully saturated rings. The summed E-state index contributed by atoms with van der Waals surface area (Å²) in [5, 5.41) is -0.847. The Morgan fingerprint density at radius 2 is 1.56 bits per heavy atom. The highest BCUT2D eigenvalue weighted by molar-refractivity contribution is 6.21. The van der Waals surface area contributed by atoms with Gasteiger partial charge in [0.15, 0.2) is 11.6 Å². The van der Waals surface area contributed by atoms with E-state index in [1.165, 1.54) is 12.1 Å². The Morgan fingerprint density at radius 3 is 2.28 bits per heavy atom. The largest absolute Gasteiger partial charge is 0.386 e. The third-order valence-electron chi connectivity index (χ3n) is 2.76. The fourth-order valence-corrected chi connectivity index (χ4v) is 2.01. The molecule has 0 atom stereocenters. The monoisotopic (exact) mass is 252 g/mol. The molecule has 1 heterocycles. The minimum Gasteiger partial charge on any atom is -0.386 e. The third kappa shape index (κ3) is 1.14. The van der Waals surface area contributed by atoms with Crippen molar-refractivity contribution < 1.29 is 27.5 Å². The average Bonchev–Trinajstić information content (AvgIpc) is 2.61. The van der Waals surface area contributed by atoms with Gasteiger partial charge in [0, 0.05) is 5.39 Å². The van der Waals surface area contributed by atoms with Crippen LogP contribution >= 0.6 is 0 Å². The molecule has 1 aliphatic heterocycles. The zero-order valence-electron chi connectivity index (χ0n) is 8.59. The van der Waals surface area contributed by atoms with Gasteiger partial charge in [0.2, 0.25) is 0 Å². The Hall–Kier alpha value is -2.37. The van der Waals surface area contributed by atoms with Crippen LogP contribution in [0.25, 0.3) is 10.8 Å². The van der Waals surface area contributed by atoms with Crippen LogP contribution in [0.3, 0.4) is 0 Å². The lowest BCUT2D eigenvalue weighted by molar-refractivity contribution is 0.0442. The summed E-state index contributed by atoms with van der Waals surface area (Å²) in [4.78, 5) is 22.6. The molecule has 0 radical (unpaired) electrons. The molecule has 1 aliphatic rings. The van der Waals surface area contributed by atoms with Crippen LogP contribution in [-0.2, 0) is 4.74 Å². The average molecular weight is 252 g/mol. The normalized spacial score (nSPS) is 13.9. The Labute approximate surface area is 97.8 Å². The van der Waals surface area contributed by atoms with Gasteiger partial charge in [-0.3, -0.25) is 0 Å². The van der Waals surface area contributed by atoms with E-state index >= 15 is 0 Å². The van der Waals surface area contributed by atoms with Crippen molar-refractivity contribution >= 4 is 22.7 Å². The molecule has 3 rings (SSSR count). The van der Waals surface area contributed by atoms with Crippen molar-refractivity contribution in [1.82, 2.24) is 0 Å². The van der Waals surface area contributed by atoms with E-state index in [0.29, 0.717) is 0 Å². The number of ether oxygens (including phenoxy) is 1. The van der Waals surface area contributed by atoms with E-state index in [9.17, 15) is 22.8 Å². The topological polar surface area (TPSA) is 43.4 Å². The quantitative estimate of drug-likeness (QED) is 0.534. The van der Waals surface area contributed by atoms with Crippen molar-refractivity contribution in [3.05, 3.63) is 46.8 Å². The molecule has 6 heteroatoms. The van der Waals surface area contributed by atoms with Gasteiger partial charge in [-0.15, -0.1) is 0 Å². The van der Waals surface area contributed by atoms with Gasteiger partial charge >= 0.3 is 11.9 Å². The Morgan fingerprint density at radius 1 is 0.889 bits per heavy atom. The Balaban J connectivity index is 2.62. The Kier molecular flexibility index (Phi) is 1.98. The van der Waals surface area contributed by atoms with Gasteiger partial charge in [-0.05, 0) is 6.07 Å². The predicted molar refractivity (Wildman–Crippen MR) is 53.6 cm³/mol. The number of cyclic esters (lactones) is 2. The van der Waals surface area contributed by atoms with Crippen molar-refractivity contribution in [2.45, 2.75) is 0 Å². The van der Waals surface area contributed by atoms with Crippen LogP contribution < -0.4 is 0 Å². The van der Waals surface area contributed by atoms with Crippen LogP contribution in [0.5, 0.6) is 0 Å². The van der Waals surface area contributed by atoms with Gasteiger partial charge in [-0.1, -0.05) is 12.1 Å². The maximum absolute atomic E-state index is 13.7. The molecule has 0 N–H and O–H groups in total. The van der Waals surface area contributed by atoms with Crippen LogP contribution in [0.15, 0.2) is 18.2 Å². The summed E-state index contributed by atoms with van der Waals surface area (Å²) in [6.07, 6.45) is 0. The van der Waals surface area contributed by atoms with E-state index in [-0.39, 0.29) is 5.39 Å². The van der Waals surface area contributed by atoms with Crippen LogP contribution in [-0.4, -0.2) is 11.9 Å². The van der Waals surface area contributed by atoms with Crippen molar-refractivity contribution in [1.29, 1.82) is 0 Å². The number of rotatable bonds is 0. The molecule has 18 heavy (non-hydrogen) atoms. The fraction of sp³-hybridized carbons (Fsp3) is 0. The number of fused-ring (bicyclic) bond motifs is 3.